The van der Waals surface area contributed by atoms with E-state index < -0.39 is 0 Å². The Morgan fingerprint density at radius 2 is 1.67 bits per heavy atom. The fraction of sp³-hybridized carbons (Fsp3) is 0.625. The number of nitrogens with one attached hydrogen (secondary N) is 1. The van der Waals surface area contributed by atoms with Gasteiger partial charge in [0.15, 0.2) is 0 Å². The summed E-state index contributed by atoms with van der Waals surface area (Å²) in [4.78, 5) is 2.50. The Morgan fingerprint density at radius 1 is 1.11 bits per heavy atom. The van der Waals surface area contributed by atoms with E-state index in [2.05, 4.69) is 62.3 Å². The molecule has 2 heteroatoms. The highest BCUT2D eigenvalue weighted by atomic mass is 15.2. The molecule has 0 unspecified atom stereocenters. The van der Waals surface area contributed by atoms with Crippen molar-refractivity contribution in [3.63, 3.8) is 0 Å². The van der Waals surface area contributed by atoms with Crippen molar-refractivity contribution in [2.45, 2.75) is 45.1 Å². The minimum atomic E-state index is 0.328. The van der Waals surface area contributed by atoms with E-state index in [1.54, 1.807) is 0 Å². The summed E-state index contributed by atoms with van der Waals surface area (Å²) in [6, 6.07) is 9.09. The predicted octanol–water partition coefficient (Wildman–Crippen LogP) is 3.39. The molecule has 1 heterocycles. The number of nitrogens with zero attached hydrogens (tertiary/aromatic N) is 1. The first kappa shape index (κ1) is 13.4. The van der Waals surface area contributed by atoms with Crippen molar-refractivity contribution in [3.05, 3.63) is 29.8 Å². The van der Waals surface area contributed by atoms with Crippen molar-refractivity contribution in [2.75, 3.05) is 25.0 Å². The number of rotatable bonds is 3. The summed E-state index contributed by atoms with van der Waals surface area (Å²) >= 11 is 0. The van der Waals surface area contributed by atoms with Crippen molar-refractivity contribution in [1.29, 1.82) is 0 Å². The van der Waals surface area contributed by atoms with Crippen molar-refractivity contribution in [1.82, 2.24) is 5.32 Å². The lowest BCUT2D eigenvalue weighted by Gasteiger charge is -2.40. The van der Waals surface area contributed by atoms with Crippen molar-refractivity contribution in [3.8, 4) is 0 Å². The highest BCUT2D eigenvalue weighted by Gasteiger charge is 2.28. The smallest absolute Gasteiger partial charge is 0.0366 e. The van der Waals surface area contributed by atoms with Gasteiger partial charge in [-0.2, -0.15) is 0 Å². The van der Waals surface area contributed by atoms with Gasteiger partial charge in [0.05, 0.1) is 0 Å². The van der Waals surface area contributed by atoms with Crippen LogP contribution < -0.4 is 10.2 Å². The monoisotopic (exact) mass is 246 g/mol. The van der Waals surface area contributed by atoms with Crippen molar-refractivity contribution >= 4 is 5.69 Å². The molecule has 0 aromatic heterocycles. The molecule has 1 aliphatic heterocycles. The molecular weight excluding hydrogens is 220 g/mol. The first-order valence-corrected chi connectivity index (χ1v) is 7.08. The molecule has 2 nitrogen and oxygen atoms in total. The molecular formula is C16H26N2. The highest BCUT2D eigenvalue weighted by Crippen LogP contribution is 2.26. The number of piperidine rings is 1. The zero-order valence-electron chi connectivity index (χ0n) is 12.2. The third-order valence-electron chi connectivity index (χ3n) is 4.40. The van der Waals surface area contributed by atoms with Crippen molar-refractivity contribution in [2.24, 2.45) is 0 Å². The van der Waals surface area contributed by atoms with Crippen LogP contribution in [0.3, 0.4) is 0 Å². The molecule has 1 aromatic rings. The van der Waals surface area contributed by atoms with Crippen LogP contribution in [0.1, 0.15) is 45.1 Å². The molecule has 1 aromatic carbocycles. The molecule has 18 heavy (non-hydrogen) atoms. The molecule has 1 aliphatic rings. The summed E-state index contributed by atoms with van der Waals surface area (Å²) < 4.78 is 0. The normalized spacial score (nSPS) is 19.3. The van der Waals surface area contributed by atoms with Gasteiger partial charge in [-0.25, -0.2) is 0 Å². The number of anilines is 1. The summed E-state index contributed by atoms with van der Waals surface area (Å²) in [5.74, 6) is 0.619. The quantitative estimate of drug-likeness (QED) is 0.879. The third-order valence-corrected chi connectivity index (χ3v) is 4.40. The Balaban J connectivity index is 2.01. The van der Waals surface area contributed by atoms with Crippen LogP contribution in [0.25, 0.3) is 0 Å². The van der Waals surface area contributed by atoms with E-state index in [1.807, 2.05) is 0 Å². The first-order valence-electron chi connectivity index (χ1n) is 7.08. The molecule has 1 fully saturated rings. The summed E-state index contributed by atoms with van der Waals surface area (Å²) in [7, 11) is 2.08. The van der Waals surface area contributed by atoms with Gasteiger partial charge in [0.25, 0.3) is 0 Å². The minimum absolute atomic E-state index is 0.328. The average Bonchev–Trinajstić information content (AvgIpc) is 2.40. The zero-order chi connectivity index (χ0) is 13.2. The van der Waals surface area contributed by atoms with Crippen LogP contribution in [0, 0.1) is 0 Å². The van der Waals surface area contributed by atoms with E-state index in [0.717, 1.165) is 13.1 Å². The molecule has 0 atom stereocenters. The third kappa shape index (κ3) is 2.86. The van der Waals surface area contributed by atoms with Crippen LogP contribution in [0.2, 0.25) is 0 Å². The SMILES string of the molecule is CNC1(C)CCN(c2ccc(C(C)C)cc2)CC1. The predicted molar refractivity (Wildman–Crippen MR) is 79.4 cm³/mol. The van der Waals surface area contributed by atoms with Gasteiger partial charge in [0, 0.05) is 24.3 Å². The van der Waals surface area contributed by atoms with Crippen LogP contribution in [0.5, 0.6) is 0 Å². The maximum absolute atomic E-state index is 3.45. The van der Waals surface area contributed by atoms with E-state index in [1.165, 1.54) is 24.1 Å². The lowest BCUT2D eigenvalue weighted by Crippen LogP contribution is -2.50. The molecule has 0 amide bonds. The molecule has 1 saturated heterocycles. The van der Waals surface area contributed by atoms with E-state index in [-0.39, 0.29) is 0 Å². The number of benzene rings is 1. The summed E-state index contributed by atoms with van der Waals surface area (Å²) in [6.07, 6.45) is 2.44. The van der Waals surface area contributed by atoms with E-state index in [4.69, 9.17) is 0 Å². The van der Waals surface area contributed by atoms with Gasteiger partial charge in [-0.1, -0.05) is 26.0 Å². The molecule has 0 spiro atoms. The maximum Gasteiger partial charge on any atom is 0.0366 e. The minimum Gasteiger partial charge on any atom is -0.371 e. The van der Waals surface area contributed by atoms with Gasteiger partial charge < -0.3 is 10.2 Å². The fourth-order valence-electron chi connectivity index (χ4n) is 2.58. The molecule has 0 radical (unpaired) electrons. The van der Waals surface area contributed by atoms with Crippen LogP contribution in [-0.2, 0) is 0 Å². The van der Waals surface area contributed by atoms with Gasteiger partial charge in [0.2, 0.25) is 0 Å². The molecule has 0 bridgehead atoms. The van der Waals surface area contributed by atoms with Gasteiger partial charge >= 0.3 is 0 Å². The summed E-state index contributed by atoms with van der Waals surface area (Å²) in [5.41, 5.74) is 3.13. The fourth-order valence-corrected chi connectivity index (χ4v) is 2.58. The highest BCUT2D eigenvalue weighted by molar-refractivity contribution is 5.48. The van der Waals surface area contributed by atoms with E-state index >= 15 is 0 Å². The average molecular weight is 246 g/mol. The number of hydrogen-bond donors (Lipinski definition) is 1. The molecule has 0 saturated carbocycles. The summed E-state index contributed by atoms with van der Waals surface area (Å²) in [5, 5.41) is 3.45. The Hall–Kier alpha value is -1.02. The molecule has 2 rings (SSSR count). The van der Waals surface area contributed by atoms with Gasteiger partial charge in [-0.3, -0.25) is 0 Å². The standard InChI is InChI=1S/C16H26N2/c1-13(2)14-5-7-15(8-6-14)18-11-9-16(3,17-4)10-12-18/h5-8,13,17H,9-12H2,1-4H3. The van der Waals surface area contributed by atoms with Crippen LogP contribution in [-0.4, -0.2) is 25.7 Å². The van der Waals surface area contributed by atoms with Gasteiger partial charge in [-0.05, 0) is 50.4 Å². The number of hydrogen-bond acceptors (Lipinski definition) is 2. The summed E-state index contributed by atoms with van der Waals surface area (Å²) in [6.45, 7) is 9.12. The zero-order valence-corrected chi connectivity index (χ0v) is 12.2. The Morgan fingerprint density at radius 3 is 2.11 bits per heavy atom. The topological polar surface area (TPSA) is 15.3 Å². The Labute approximate surface area is 111 Å². The molecule has 0 aliphatic carbocycles. The second kappa shape index (κ2) is 5.31. The Bertz CT molecular complexity index is 373. The van der Waals surface area contributed by atoms with Crippen LogP contribution >= 0.6 is 0 Å². The molecule has 100 valence electrons. The lowest BCUT2D eigenvalue weighted by molar-refractivity contribution is 0.305. The largest absolute Gasteiger partial charge is 0.371 e. The van der Waals surface area contributed by atoms with E-state index in [9.17, 15) is 0 Å². The van der Waals surface area contributed by atoms with Gasteiger partial charge in [0.1, 0.15) is 0 Å². The maximum atomic E-state index is 3.45. The van der Waals surface area contributed by atoms with Crippen LogP contribution in [0.4, 0.5) is 5.69 Å². The van der Waals surface area contributed by atoms with E-state index in [0.29, 0.717) is 11.5 Å². The van der Waals surface area contributed by atoms with Crippen LogP contribution in [0.15, 0.2) is 24.3 Å². The van der Waals surface area contributed by atoms with Gasteiger partial charge in [-0.15, -0.1) is 0 Å². The Kier molecular flexibility index (Phi) is 3.96. The first-order chi connectivity index (χ1) is 8.54. The second-order valence-corrected chi connectivity index (χ2v) is 6.04. The second-order valence-electron chi connectivity index (χ2n) is 6.04. The lowest BCUT2D eigenvalue weighted by atomic mass is 9.89. The van der Waals surface area contributed by atoms with Crippen molar-refractivity contribution < 1.29 is 0 Å². The molecule has 1 N–H and O–H groups in total.